The smallest absolute Gasteiger partial charge is 0.132 e. The first-order chi connectivity index (χ1) is 11.7. The molecule has 2 heterocycles. The van der Waals surface area contributed by atoms with Gasteiger partial charge < -0.3 is 10.6 Å². The van der Waals surface area contributed by atoms with Crippen LogP contribution < -0.4 is 10.6 Å². The van der Waals surface area contributed by atoms with E-state index in [2.05, 4.69) is 45.9 Å². The Hall–Kier alpha value is -2.62. The average molecular weight is 322 g/mol. The number of nitrogens with one attached hydrogen (secondary N) is 2. The standard InChI is InChI=1S/C18H20N4.C2H6/c1-4-13-7-15(10-21-18(13)19-3)16-8-17(11-20-9-16)22-12(2)14-5-6-14;1-2/h4,7-11,14,22H,1-2,5-6H2,3H3,(H,19,21);1-2H3. The van der Waals surface area contributed by atoms with Crippen LogP contribution in [0, 0.1) is 5.92 Å². The summed E-state index contributed by atoms with van der Waals surface area (Å²) in [4.78, 5) is 8.74. The fourth-order valence-corrected chi connectivity index (χ4v) is 2.39. The lowest BCUT2D eigenvalue weighted by molar-refractivity contribution is 1.02. The van der Waals surface area contributed by atoms with Crippen molar-refractivity contribution in [2.75, 3.05) is 17.7 Å². The van der Waals surface area contributed by atoms with Crippen molar-refractivity contribution >= 4 is 17.6 Å². The third kappa shape index (κ3) is 4.22. The molecule has 126 valence electrons. The summed E-state index contributed by atoms with van der Waals surface area (Å²) >= 11 is 0. The van der Waals surface area contributed by atoms with Crippen LogP contribution in [0.25, 0.3) is 17.2 Å². The minimum atomic E-state index is 0.618. The Morgan fingerprint density at radius 2 is 1.88 bits per heavy atom. The quantitative estimate of drug-likeness (QED) is 0.768. The van der Waals surface area contributed by atoms with Gasteiger partial charge in [0.2, 0.25) is 0 Å². The second-order valence-electron chi connectivity index (χ2n) is 5.50. The highest BCUT2D eigenvalue weighted by atomic mass is 15.0. The first-order valence-corrected chi connectivity index (χ1v) is 8.42. The van der Waals surface area contributed by atoms with Gasteiger partial charge in [0.1, 0.15) is 5.82 Å². The molecule has 1 fully saturated rings. The first-order valence-electron chi connectivity index (χ1n) is 8.42. The SMILES string of the molecule is C=Cc1cc(-c2cncc(NC(=C)C3CC3)c2)cnc1NC.CC. The molecule has 0 radical (unpaired) electrons. The van der Waals surface area contributed by atoms with Crippen molar-refractivity contribution in [1.29, 1.82) is 0 Å². The minimum absolute atomic E-state index is 0.618. The average Bonchev–Trinajstić information content (AvgIpc) is 3.48. The number of anilines is 2. The molecule has 0 bridgehead atoms. The Morgan fingerprint density at radius 3 is 2.50 bits per heavy atom. The topological polar surface area (TPSA) is 49.8 Å². The van der Waals surface area contributed by atoms with Gasteiger partial charge in [-0.15, -0.1) is 0 Å². The lowest BCUT2D eigenvalue weighted by Gasteiger charge is -2.11. The van der Waals surface area contributed by atoms with Crippen LogP contribution in [0.15, 0.2) is 49.6 Å². The fraction of sp³-hybridized carbons (Fsp3) is 0.300. The summed E-state index contributed by atoms with van der Waals surface area (Å²) in [6, 6.07) is 4.13. The van der Waals surface area contributed by atoms with E-state index >= 15 is 0 Å². The van der Waals surface area contributed by atoms with Gasteiger partial charge in [-0.1, -0.05) is 33.1 Å². The molecule has 0 unspecified atom stereocenters. The molecule has 0 saturated heterocycles. The van der Waals surface area contributed by atoms with E-state index in [1.165, 1.54) is 12.8 Å². The van der Waals surface area contributed by atoms with Crippen LogP contribution in [-0.2, 0) is 0 Å². The molecule has 4 heteroatoms. The molecule has 1 saturated carbocycles. The molecule has 0 atom stereocenters. The van der Waals surface area contributed by atoms with E-state index in [1.807, 2.05) is 39.5 Å². The predicted molar refractivity (Wildman–Crippen MR) is 104 cm³/mol. The van der Waals surface area contributed by atoms with Crippen molar-refractivity contribution in [3.63, 3.8) is 0 Å². The zero-order valence-corrected chi connectivity index (χ0v) is 14.8. The summed E-state index contributed by atoms with van der Waals surface area (Å²) < 4.78 is 0. The number of nitrogens with zero attached hydrogens (tertiary/aromatic N) is 2. The Balaban J connectivity index is 0.00000100. The summed E-state index contributed by atoms with van der Waals surface area (Å²) in [5, 5.41) is 6.42. The fourth-order valence-electron chi connectivity index (χ4n) is 2.39. The molecular weight excluding hydrogens is 296 g/mol. The summed E-state index contributed by atoms with van der Waals surface area (Å²) in [6.45, 7) is 11.9. The van der Waals surface area contributed by atoms with Crippen LogP contribution in [0.3, 0.4) is 0 Å². The van der Waals surface area contributed by atoms with Crippen molar-refractivity contribution in [3.8, 4) is 11.1 Å². The molecule has 1 aliphatic rings. The lowest BCUT2D eigenvalue weighted by Crippen LogP contribution is -2.00. The lowest BCUT2D eigenvalue weighted by atomic mass is 10.1. The third-order valence-corrected chi connectivity index (χ3v) is 3.82. The van der Waals surface area contributed by atoms with E-state index in [0.29, 0.717) is 5.92 Å². The van der Waals surface area contributed by atoms with Gasteiger partial charge in [-0.3, -0.25) is 4.98 Å². The van der Waals surface area contributed by atoms with Gasteiger partial charge in [-0.05, 0) is 30.9 Å². The van der Waals surface area contributed by atoms with Crippen molar-refractivity contribution in [2.45, 2.75) is 26.7 Å². The van der Waals surface area contributed by atoms with Crippen molar-refractivity contribution in [1.82, 2.24) is 9.97 Å². The van der Waals surface area contributed by atoms with Crippen molar-refractivity contribution < 1.29 is 0 Å². The molecule has 3 rings (SSSR count). The predicted octanol–water partition coefficient (Wildman–Crippen LogP) is 5.19. The van der Waals surface area contributed by atoms with Crippen LogP contribution in [0.1, 0.15) is 32.3 Å². The number of allylic oxidation sites excluding steroid dienone is 1. The second kappa shape index (κ2) is 8.29. The van der Waals surface area contributed by atoms with Crippen molar-refractivity contribution in [2.24, 2.45) is 5.92 Å². The monoisotopic (exact) mass is 322 g/mol. The third-order valence-electron chi connectivity index (χ3n) is 3.82. The van der Waals surface area contributed by atoms with Gasteiger partial charge >= 0.3 is 0 Å². The molecule has 4 nitrogen and oxygen atoms in total. The number of hydrogen-bond donors (Lipinski definition) is 2. The first kappa shape index (κ1) is 17.7. The van der Waals surface area contributed by atoms with E-state index in [0.717, 1.165) is 33.9 Å². The van der Waals surface area contributed by atoms with Crippen LogP contribution in [-0.4, -0.2) is 17.0 Å². The maximum atomic E-state index is 4.43. The largest absolute Gasteiger partial charge is 0.373 e. The van der Waals surface area contributed by atoms with E-state index in [4.69, 9.17) is 0 Å². The van der Waals surface area contributed by atoms with E-state index in [-0.39, 0.29) is 0 Å². The Labute approximate surface area is 144 Å². The van der Waals surface area contributed by atoms with Crippen LogP contribution in [0.5, 0.6) is 0 Å². The second-order valence-corrected chi connectivity index (χ2v) is 5.50. The zero-order chi connectivity index (χ0) is 17.5. The van der Waals surface area contributed by atoms with Crippen molar-refractivity contribution in [3.05, 3.63) is 55.1 Å². The van der Waals surface area contributed by atoms with Gasteiger partial charge in [0, 0.05) is 41.8 Å². The maximum absolute atomic E-state index is 4.43. The normalized spacial score (nSPS) is 12.6. The molecule has 0 aromatic carbocycles. The van der Waals surface area contributed by atoms with E-state index < -0.39 is 0 Å². The highest BCUT2D eigenvalue weighted by molar-refractivity contribution is 5.73. The summed E-state index contributed by atoms with van der Waals surface area (Å²) in [7, 11) is 1.85. The Bertz CT molecular complexity index is 717. The number of pyridine rings is 2. The maximum Gasteiger partial charge on any atom is 0.132 e. The molecule has 2 N–H and O–H groups in total. The van der Waals surface area contributed by atoms with E-state index in [1.54, 1.807) is 6.08 Å². The summed E-state index contributed by atoms with van der Waals surface area (Å²) in [5.41, 5.74) is 5.05. The highest BCUT2D eigenvalue weighted by Crippen LogP contribution is 2.36. The molecule has 0 spiro atoms. The number of hydrogen-bond acceptors (Lipinski definition) is 4. The van der Waals surface area contributed by atoms with E-state index in [9.17, 15) is 0 Å². The molecule has 24 heavy (non-hydrogen) atoms. The minimum Gasteiger partial charge on any atom is -0.373 e. The molecule has 0 aliphatic heterocycles. The number of rotatable bonds is 6. The zero-order valence-electron chi connectivity index (χ0n) is 14.8. The number of aromatic nitrogens is 2. The molecule has 0 amide bonds. The van der Waals surface area contributed by atoms with Gasteiger partial charge in [0.25, 0.3) is 0 Å². The van der Waals surface area contributed by atoms with Crippen LogP contribution in [0.2, 0.25) is 0 Å². The van der Waals surface area contributed by atoms with Gasteiger partial charge in [0.05, 0.1) is 11.9 Å². The highest BCUT2D eigenvalue weighted by Gasteiger charge is 2.24. The van der Waals surface area contributed by atoms with Gasteiger partial charge in [-0.2, -0.15) is 0 Å². The van der Waals surface area contributed by atoms with Gasteiger partial charge in [0.15, 0.2) is 0 Å². The molecule has 1 aliphatic carbocycles. The van der Waals surface area contributed by atoms with Gasteiger partial charge in [-0.25, -0.2) is 4.98 Å². The summed E-state index contributed by atoms with van der Waals surface area (Å²) in [6.07, 6.45) is 9.77. The molecular formula is C20H26N4. The van der Waals surface area contributed by atoms with Crippen LogP contribution in [0.4, 0.5) is 11.5 Å². The molecule has 2 aromatic rings. The van der Waals surface area contributed by atoms with Crippen LogP contribution >= 0.6 is 0 Å². The molecule has 2 aromatic heterocycles. The Kier molecular flexibility index (Phi) is 6.13. The Morgan fingerprint density at radius 1 is 1.17 bits per heavy atom. The summed E-state index contributed by atoms with van der Waals surface area (Å²) in [5.74, 6) is 1.44.